The van der Waals surface area contributed by atoms with Crippen molar-refractivity contribution in [3.8, 4) is 6.07 Å². The average molecular weight is 304 g/mol. The van der Waals surface area contributed by atoms with Gasteiger partial charge in [0.25, 0.3) is 0 Å². The van der Waals surface area contributed by atoms with Crippen LogP contribution in [0.5, 0.6) is 0 Å². The molecule has 1 aromatic heterocycles. The number of nitrogens with zero attached hydrogens (tertiary/aromatic N) is 3. The molecule has 0 aliphatic heterocycles. The van der Waals surface area contributed by atoms with Crippen LogP contribution in [0, 0.1) is 11.3 Å². The first-order valence-corrected chi connectivity index (χ1v) is 7.42. The van der Waals surface area contributed by atoms with Crippen molar-refractivity contribution in [1.29, 1.82) is 5.26 Å². The molecular weight excluding hydrogens is 288 g/mol. The third-order valence-electron chi connectivity index (χ3n) is 3.63. The summed E-state index contributed by atoms with van der Waals surface area (Å²) in [5.41, 5.74) is 3.64. The second kappa shape index (κ2) is 6.75. The summed E-state index contributed by atoms with van der Waals surface area (Å²) in [6, 6.07) is 17.3. The van der Waals surface area contributed by atoms with Crippen molar-refractivity contribution >= 4 is 22.6 Å². The lowest BCUT2D eigenvalue weighted by Crippen LogP contribution is -2.14. The van der Waals surface area contributed by atoms with Crippen LogP contribution in [-0.2, 0) is 17.8 Å². The monoisotopic (exact) mass is 304 g/mol. The minimum Gasteiger partial charge on any atom is -0.330 e. The summed E-state index contributed by atoms with van der Waals surface area (Å²) in [5.74, 6) is -0.0455. The molecule has 0 saturated heterocycles. The Balaban J connectivity index is 1.58. The van der Waals surface area contributed by atoms with Gasteiger partial charge in [0.2, 0.25) is 5.91 Å². The number of para-hydroxylation sites is 2. The van der Waals surface area contributed by atoms with E-state index in [1.54, 1.807) is 6.33 Å². The first kappa shape index (κ1) is 14.8. The molecule has 0 fully saturated rings. The van der Waals surface area contributed by atoms with Gasteiger partial charge >= 0.3 is 0 Å². The highest BCUT2D eigenvalue weighted by atomic mass is 16.1. The topological polar surface area (TPSA) is 70.7 Å². The zero-order valence-corrected chi connectivity index (χ0v) is 12.6. The van der Waals surface area contributed by atoms with E-state index in [4.69, 9.17) is 5.26 Å². The van der Waals surface area contributed by atoms with Crippen LogP contribution < -0.4 is 5.32 Å². The molecule has 5 heteroatoms. The predicted octanol–water partition coefficient (Wildman–Crippen LogP) is 3.13. The summed E-state index contributed by atoms with van der Waals surface area (Å²) < 4.78 is 1.98. The molecule has 0 spiro atoms. The van der Waals surface area contributed by atoms with E-state index in [1.807, 2.05) is 53.1 Å². The highest BCUT2D eigenvalue weighted by molar-refractivity contribution is 5.90. The van der Waals surface area contributed by atoms with Crippen LogP contribution in [0.3, 0.4) is 0 Å². The summed E-state index contributed by atoms with van der Waals surface area (Å²) in [6.07, 6.45) is 2.51. The van der Waals surface area contributed by atoms with E-state index < -0.39 is 0 Å². The third kappa shape index (κ3) is 3.55. The van der Waals surface area contributed by atoms with Crippen molar-refractivity contribution in [2.24, 2.45) is 0 Å². The SMILES string of the molecule is N#CCc1ccc(NC(=O)CCn2cnc3ccccc32)cc1. The Morgan fingerprint density at radius 1 is 1.17 bits per heavy atom. The number of carbonyl (C=O) groups is 1. The van der Waals surface area contributed by atoms with Gasteiger partial charge in [-0.3, -0.25) is 4.79 Å². The van der Waals surface area contributed by atoms with Gasteiger partial charge in [0, 0.05) is 18.7 Å². The van der Waals surface area contributed by atoms with Gasteiger partial charge in [0.1, 0.15) is 0 Å². The van der Waals surface area contributed by atoms with Gasteiger partial charge in [-0.25, -0.2) is 4.98 Å². The van der Waals surface area contributed by atoms with Crippen molar-refractivity contribution in [1.82, 2.24) is 9.55 Å². The molecule has 0 bridgehead atoms. The molecule has 0 unspecified atom stereocenters. The van der Waals surface area contributed by atoms with Crippen LogP contribution in [0.15, 0.2) is 54.9 Å². The van der Waals surface area contributed by atoms with Crippen molar-refractivity contribution in [3.63, 3.8) is 0 Å². The number of nitrogens with one attached hydrogen (secondary N) is 1. The molecule has 3 aromatic rings. The molecule has 1 heterocycles. The Kier molecular flexibility index (Phi) is 4.34. The highest BCUT2D eigenvalue weighted by Crippen LogP contribution is 2.13. The van der Waals surface area contributed by atoms with Crippen LogP contribution in [-0.4, -0.2) is 15.5 Å². The van der Waals surface area contributed by atoms with E-state index in [-0.39, 0.29) is 5.91 Å². The lowest BCUT2D eigenvalue weighted by atomic mass is 10.1. The number of carbonyl (C=O) groups excluding carboxylic acids is 1. The van der Waals surface area contributed by atoms with Gasteiger partial charge in [-0.05, 0) is 29.8 Å². The summed E-state index contributed by atoms with van der Waals surface area (Å²) in [5, 5.41) is 11.5. The summed E-state index contributed by atoms with van der Waals surface area (Å²) in [4.78, 5) is 16.4. The summed E-state index contributed by atoms with van der Waals surface area (Å²) >= 11 is 0. The molecule has 0 aliphatic rings. The number of hydrogen-bond donors (Lipinski definition) is 1. The zero-order valence-electron chi connectivity index (χ0n) is 12.6. The zero-order chi connectivity index (χ0) is 16.1. The van der Waals surface area contributed by atoms with Crippen LogP contribution in [0.1, 0.15) is 12.0 Å². The fourth-order valence-electron chi connectivity index (χ4n) is 2.43. The first-order valence-electron chi connectivity index (χ1n) is 7.42. The molecule has 114 valence electrons. The lowest BCUT2D eigenvalue weighted by molar-refractivity contribution is -0.116. The van der Waals surface area contributed by atoms with Gasteiger partial charge in [-0.1, -0.05) is 24.3 Å². The molecule has 0 radical (unpaired) electrons. The van der Waals surface area contributed by atoms with Crippen molar-refractivity contribution in [2.45, 2.75) is 19.4 Å². The molecule has 0 saturated carbocycles. The fraction of sp³-hybridized carbons (Fsp3) is 0.167. The molecule has 5 nitrogen and oxygen atoms in total. The molecule has 1 amide bonds. The van der Waals surface area contributed by atoms with Crippen LogP contribution >= 0.6 is 0 Å². The second-order valence-corrected chi connectivity index (χ2v) is 5.26. The van der Waals surface area contributed by atoms with Gasteiger partial charge in [0.05, 0.1) is 29.9 Å². The lowest BCUT2D eigenvalue weighted by Gasteiger charge is -2.07. The Morgan fingerprint density at radius 2 is 1.96 bits per heavy atom. The minimum absolute atomic E-state index is 0.0455. The smallest absolute Gasteiger partial charge is 0.226 e. The number of amides is 1. The summed E-state index contributed by atoms with van der Waals surface area (Å²) in [6.45, 7) is 0.582. The number of rotatable bonds is 5. The Hall–Kier alpha value is -3.13. The third-order valence-corrected chi connectivity index (χ3v) is 3.63. The van der Waals surface area contributed by atoms with Crippen LogP contribution in [0.2, 0.25) is 0 Å². The highest BCUT2D eigenvalue weighted by Gasteiger charge is 2.06. The van der Waals surface area contributed by atoms with E-state index in [9.17, 15) is 4.79 Å². The number of aromatic nitrogens is 2. The largest absolute Gasteiger partial charge is 0.330 e. The second-order valence-electron chi connectivity index (χ2n) is 5.26. The van der Waals surface area contributed by atoms with Crippen LogP contribution in [0.25, 0.3) is 11.0 Å². The fourth-order valence-corrected chi connectivity index (χ4v) is 2.43. The Morgan fingerprint density at radius 3 is 2.74 bits per heavy atom. The molecule has 2 aromatic carbocycles. The number of fused-ring (bicyclic) bond motifs is 1. The molecule has 23 heavy (non-hydrogen) atoms. The predicted molar refractivity (Wildman–Crippen MR) is 88.7 cm³/mol. The van der Waals surface area contributed by atoms with Gasteiger partial charge in [0.15, 0.2) is 0 Å². The van der Waals surface area contributed by atoms with Crippen molar-refractivity contribution in [2.75, 3.05) is 5.32 Å². The average Bonchev–Trinajstić information content (AvgIpc) is 2.98. The standard InChI is InChI=1S/C18H16N4O/c19-11-9-14-5-7-15(8-6-14)21-18(23)10-12-22-13-20-16-3-1-2-4-17(16)22/h1-8,13H,9-10,12H2,(H,21,23). The number of imidazole rings is 1. The van der Waals surface area contributed by atoms with Crippen molar-refractivity contribution < 1.29 is 4.79 Å². The molecule has 0 aliphatic carbocycles. The maximum absolute atomic E-state index is 12.1. The molecule has 0 atom stereocenters. The quantitative estimate of drug-likeness (QED) is 0.787. The van der Waals surface area contributed by atoms with E-state index in [2.05, 4.69) is 16.4 Å². The van der Waals surface area contributed by atoms with E-state index in [0.717, 1.165) is 22.3 Å². The minimum atomic E-state index is -0.0455. The molecule has 1 N–H and O–H groups in total. The van der Waals surface area contributed by atoms with Gasteiger partial charge in [-0.15, -0.1) is 0 Å². The van der Waals surface area contributed by atoms with Gasteiger partial charge in [-0.2, -0.15) is 5.26 Å². The first-order chi connectivity index (χ1) is 11.3. The summed E-state index contributed by atoms with van der Waals surface area (Å²) in [7, 11) is 0. The number of aryl methyl sites for hydroxylation is 1. The Bertz CT molecular complexity index is 859. The number of hydrogen-bond acceptors (Lipinski definition) is 3. The maximum atomic E-state index is 12.1. The normalized spacial score (nSPS) is 10.4. The van der Waals surface area contributed by atoms with E-state index >= 15 is 0 Å². The molecular formula is C18H16N4O. The van der Waals surface area contributed by atoms with Gasteiger partial charge < -0.3 is 9.88 Å². The van der Waals surface area contributed by atoms with Crippen LogP contribution in [0.4, 0.5) is 5.69 Å². The Labute approximate surface area is 134 Å². The number of anilines is 1. The molecule has 3 rings (SSSR count). The number of nitriles is 1. The van der Waals surface area contributed by atoms with E-state index in [0.29, 0.717) is 19.4 Å². The maximum Gasteiger partial charge on any atom is 0.226 e. The number of benzene rings is 2. The van der Waals surface area contributed by atoms with E-state index in [1.165, 1.54) is 0 Å². The van der Waals surface area contributed by atoms with Crippen molar-refractivity contribution in [3.05, 3.63) is 60.4 Å².